The summed E-state index contributed by atoms with van der Waals surface area (Å²) in [5.41, 5.74) is 3.53. The van der Waals surface area contributed by atoms with Crippen molar-refractivity contribution < 1.29 is 4.79 Å². The summed E-state index contributed by atoms with van der Waals surface area (Å²) in [6.45, 7) is 2.17. The van der Waals surface area contributed by atoms with Crippen molar-refractivity contribution in [3.8, 4) is 5.69 Å². The van der Waals surface area contributed by atoms with E-state index in [1.165, 1.54) is 10.9 Å². The fourth-order valence-corrected chi connectivity index (χ4v) is 3.90. The molecule has 2 aromatic heterocycles. The van der Waals surface area contributed by atoms with Gasteiger partial charge in [0.15, 0.2) is 5.69 Å². The average molecular weight is 392 g/mol. The molecule has 1 aliphatic heterocycles. The van der Waals surface area contributed by atoms with Gasteiger partial charge in [0, 0.05) is 29.3 Å². The summed E-state index contributed by atoms with van der Waals surface area (Å²) in [4.78, 5) is 14.9. The lowest BCUT2D eigenvalue weighted by atomic mass is 10.2. The molecule has 0 radical (unpaired) electrons. The summed E-state index contributed by atoms with van der Waals surface area (Å²) in [6.07, 6.45) is 2.58. The summed E-state index contributed by atoms with van der Waals surface area (Å²) >= 11 is 5.93. The zero-order chi connectivity index (χ0) is 19.1. The second kappa shape index (κ2) is 6.80. The molecule has 140 valence electrons. The maximum absolute atomic E-state index is 13.1. The third kappa shape index (κ3) is 2.96. The van der Waals surface area contributed by atoms with Gasteiger partial charge in [-0.05, 0) is 48.2 Å². The first-order valence-electron chi connectivity index (χ1n) is 9.24. The smallest absolute Gasteiger partial charge is 0.276 e. The van der Waals surface area contributed by atoms with Crippen LogP contribution < -0.4 is 0 Å². The number of hydrogen-bond acceptors (Lipinski definition) is 3. The lowest BCUT2D eigenvalue weighted by Crippen LogP contribution is -2.31. The van der Waals surface area contributed by atoms with Crippen LogP contribution in [0.25, 0.3) is 16.6 Å². The molecule has 28 heavy (non-hydrogen) atoms. The molecule has 4 aromatic rings. The van der Waals surface area contributed by atoms with E-state index < -0.39 is 0 Å². The van der Waals surface area contributed by atoms with Crippen molar-refractivity contribution in [1.29, 1.82) is 0 Å². The topological polar surface area (TPSA) is 56.0 Å². The standard InChI is InChI=1S/C21H18ClN5O/c22-16-6-8-17(9-7-16)27-14-19(23-24-27)21(28)25-10-3-11-26-18(13-25)12-15-4-1-2-5-20(15)26/h1-2,4-9,12,14H,3,10-11,13H2. The number of halogens is 1. The predicted molar refractivity (Wildman–Crippen MR) is 108 cm³/mol. The molecule has 0 fully saturated rings. The number of para-hydroxylation sites is 1. The van der Waals surface area contributed by atoms with Crippen molar-refractivity contribution in [2.75, 3.05) is 6.54 Å². The summed E-state index contributed by atoms with van der Waals surface area (Å²) in [5.74, 6) is -0.0982. The molecule has 0 atom stereocenters. The number of carbonyl (C=O) groups is 1. The van der Waals surface area contributed by atoms with Crippen molar-refractivity contribution in [2.45, 2.75) is 19.5 Å². The molecule has 0 unspecified atom stereocenters. The van der Waals surface area contributed by atoms with Gasteiger partial charge in [-0.1, -0.05) is 35.0 Å². The molecule has 7 heteroatoms. The van der Waals surface area contributed by atoms with Gasteiger partial charge >= 0.3 is 0 Å². The first-order valence-corrected chi connectivity index (χ1v) is 9.61. The maximum atomic E-state index is 13.1. The van der Waals surface area contributed by atoms with E-state index in [0.717, 1.165) is 24.3 Å². The lowest BCUT2D eigenvalue weighted by molar-refractivity contribution is 0.0739. The Morgan fingerprint density at radius 2 is 1.86 bits per heavy atom. The van der Waals surface area contributed by atoms with Crippen LogP contribution in [0.5, 0.6) is 0 Å². The van der Waals surface area contributed by atoms with Gasteiger partial charge in [0.1, 0.15) is 0 Å². The highest BCUT2D eigenvalue weighted by Crippen LogP contribution is 2.24. The number of amides is 1. The van der Waals surface area contributed by atoms with Crippen molar-refractivity contribution in [3.63, 3.8) is 0 Å². The second-order valence-corrected chi connectivity index (χ2v) is 7.39. The van der Waals surface area contributed by atoms with Crippen molar-refractivity contribution in [1.82, 2.24) is 24.5 Å². The normalized spacial score (nSPS) is 14.1. The molecular weight excluding hydrogens is 374 g/mol. The van der Waals surface area contributed by atoms with Gasteiger partial charge in [-0.15, -0.1) is 5.10 Å². The molecule has 0 aliphatic carbocycles. The van der Waals surface area contributed by atoms with Gasteiger partial charge in [0.05, 0.1) is 18.4 Å². The van der Waals surface area contributed by atoms with E-state index in [-0.39, 0.29) is 5.91 Å². The number of rotatable bonds is 2. The Labute approximate surface area is 166 Å². The first-order chi connectivity index (χ1) is 13.7. The predicted octanol–water partition coefficient (Wildman–Crippen LogP) is 3.92. The van der Waals surface area contributed by atoms with Crippen molar-refractivity contribution in [2.24, 2.45) is 0 Å². The molecule has 0 saturated carbocycles. The van der Waals surface area contributed by atoms with Crippen LogP contribution in [0.3, 0.4) is 0 Å². The quantitative estimate of drug-likeness (QED) is 0.520. The number of fused-ring (bicyclic) bond motifs is 3. The van der Waals surface area contributed by atoms with Crippen LogP contribution in [0.15, 0.2) is 60.8 Å². The zero-order valence-electron chi connectivity index (χ0n) is 15.1. The minimum Gasteiger partial charge on any atom is -0.343 e. The van der Waals surface area contributed by atoms with E-state index in [4.69, 9.17) is 11.6 Å². The molecular formula is C21H18ClN5O. The Balaban J connectivity index is 1.41. The van der Waals surface area contributed by atoms with Gasteiger partial charge in [0.25, 0.3) is 5.91 Å². The van der Waals surface area contributed by atoms with Gasteiger partial charge < -0.3 is 9.47 Å². The highest BCUT2D eigenvalue weighted by molar-refractivity contribution is 6.30. The van der Waals surface area contributed by atoms with Crippen LogP contribution in [0.2, 0.25) is 5.02 Å². The molecule has 0 saturated heterocycles. The minimum absolute atomic E-state index is 0.0982. The largest absolute Gasteiger partial charge is 0.343 e. The van der Waals surface area contributed by atoms with E-state index in [9.17, 15) is 4.79 Å². The molecule has 2 aromatic carbocycles. The molecule has 5 rings (SSSR count). The van der Waals surface area contributed by atoms with Gasteiger partial charge in [-0.3, -0.25) is 4.79 Å². The average Bonchev–Trinajstić information content (AvgIpc) is 3.27. The van der Waals surface area contributed by atoms with Crippen LogP contribution in [0.1, 0.15) is 22.6 Å². The summed E-state index contributed by atoms with van der Waals surface area (Å²) < 4.78 is 3.91. The molecule has 0 N–H and O–H groups in total. The first kappa shape index (κ1) is 17.0. The Hall–Kier alpha value is -3.12. The highest BCUT2D eigenvalue weighted by atomic mass is 35.5. The SMILES string of the molecule is O=C(c1cn(-c2ccc(Cl)cc2)nn1)N1CCCn2c(cc3ccccc32)C1. The zero-order valence-corrected chi connectivity index (χ0v) is 15.9. The number of benzene rings is 2. The monoisotopic (exact) mass is 391 g/mol. The number of carbonyl (C=O) groups excluding carboxylic acids is 1. The number of aryl methyl sites for hydroxylation is 1. The van der Waals surface area contributed by atoms with E-state index in [2.05, 4.69) is 39.1 Å². The van der Waals surface area contributed by atoms with Crippen LogP contribution in [-0.2, 0) is 13.1 Å². The maximum Gasteiger partial charge on any atom is 0.276 e. The Bertz CT molecular complexity index is 1160. The molecule has 0 bridgehead atoms. The van der Waals surface area contributed by atoms with Crippen LogP contribution in [0.4, 0.5) is 0 Å². The number of aromatic nitrogens is 4. The van der Waals surface area contributed by atoms with Gasteiger partial charge in [-0.2, -0.15) is 0 Å². The van der Waals surface area contributed by atoms with Crippen molar-refractivity contribution >= 4 is 28.4 Å². The Morgan fingerprint density at radius 1 is 1.04 bits per heavy atom. The number of nitrogens with zero attached hydrogens (tertiary/aromatic N) is 5. The fourth-order valence-electron chi connectivity index (χ4n) is 3.77. The van der Waals surface area contributed by atoms with Gasteiger partial charge in [0.2, 0.25) is 0 Å². The molecule has 3 heterocycles. The fraction of sp³-hybridized carbons (Fsp3) is 0.190. The van der Waals surface area contributed by atoms with Crippen LogP contribution >= 0.6 is 11.6 Å². The Morgan fingerprint density at radius 3 is 2.71 bits per heavy atom. The van der Waals surface area contributed by atoms with Gasteiger partial charge in [-0.25, -0.2) is 4.68 Å². The van der Waals surface area contributed by atoms with E-state index >= 15 is 0 Å². The summed E-state index contributed by atoms with van der Waals surface area (Å²) in [5, 5.41) is 10.1. The van der Waals surface area contributed by atoms with Crippen LogP contribution in [0, 0.1) is 0 Å². The highest BCUT2D eigenvalue weighted by Gasteiger charge is 2.23. The molecule has 1 aliphatic rings. The molecule has 0 spiro atoms. The second-order valence-electron chi connectivity index (χ2n) is 6.95. The Kier molecular flexibility index (Phi) is 4.13. The lowest BCUT2D eigenvalue weighted by Gasteiger charge is -2.18. The molecule has 1 amide bonds. The summed E-state index contributed by atoms with van der Waals surface area (Å²) in [7, 11) is 0. The number of hydrogen-bond donors (Lipinski definition) is 0. The van der Waals surface area contributed by atoms with Crippen LogP contribution in [-0.4, -0.2) is 36.9 Å². The molecule has 6 nitrogen and oxygen atoms in total. The third-order valence-electron chi connectivity index (χ3n) is 5.15. The minimum atomic E-state index is -0.0982. The third-order valence-corrected chi connectivity index (χ3v) is 5.40. The van der Waals surface area contributed by atoms with Crippen molar-refractivity contribution in [3.05, 3.63) is 77.2 Å². The van der Waals surface area contributed by atoms with E-state index in [1.807, 2.05) is 23.1 Å². The van der Waals surface area contributed by atoms with E-state index in [1.54, 1.807) is 23.0 Å². The summed E-state index contributed by atoms with van der Waals surface area (Å²) in [6, 6.07) is 17.8. The van der Waals surface area contributed by atoms with E-state index in [0.29, 0.717) is 23.8 Å².